The molecule has 29 heavy (non-hydrogen) atoms. The fourth-order valence-corrected chi connectivity index (χ4v) is 4.02. The second kappa shape index (κ2) is 8.29. The van der Waals surface area contributed by atoms with E-state index >= 15 is 0 Å². The second-order valence-electron chi connectivity index (χ2n) is 7.24. The quantitative estimate of drug-likeness (QED) is 0.580. The van der Waals surface area contributed by atoms with E-state index in [-0.39, 0.29) is 11.2 Å². The smallest absolute Gasteiger partial charge is 0.237 e. The molecule has 0 aliphatic heterocycles. The fourth-order valence-electron chi connectivity index (χ4n) is 3.15. The summed E-state index contributed by atoms with van der Waals surface area (Å²) >= 11 is 1.41. The van der Waals surface area contributed by atoms with Crippen LogP contribution in [0.5, 0.6) is 5.75 Å². The Morgan fingerprint density at radius 2 is 1.97 bits per heavy atom. The average molecular weight is 409 g/mol. The van der Waals surface area contributed by atoms with Crippen LogP contribution in [-0.2, 0) is 4.79 Å². The van der Waals surface area contributed by atoms with Gasteiger partial charge in [0.1, 0.15) is 11.6 Å². The lowest BCUT2D eigenvalue weighted by molar-refractivity contribution is -0.115. The Balaban J connectivity index is 1.55. The largest absolute Gasteiger partial charge is 0.495 e. The summed E-state index contributed by atoms with van der Waals surface area (Å²) in [4.78, 5) is 12.9. The van der Waals surface area contributed by atoms with Crippen LogP contribution in [0.1, 0.15) is 37.1 Å². The van der Waals surface area contributed by atoms with Gasteiger partial charge in [-0.2, -0.15) is 0 Å². The molecule has 1 aliphatic rings. The zero-order valence-electron chi connectivity index (χ0n) is 16.8. The number of amides is 1. The number of para-hydroxylation sites is 1. The molecule has 0 unspecified atom stereocenters. The highest BCUT2D eigenvalue weighted by atomic mass is 32.2. The van der Waals surface area contributed by atoms with E-state index in [4.69, 9.17) is 4.74 Å². The summed E-state index contributed by atoms with van der Waals surface area (Å²) < 4.78 is 7.45. The zero-order chi connectivity index (χ0) is 20.4. The molecule has 6 nitrogen and oxygen atoms in total. The maximum absolute atomic E-state index is 12.9. The fraction of sp³-hybridized carbons (Fsp3) is 0.318. The monoisotopic (exact) mass is 408 g/mol. The van der Waals surface area contributed by atoms with Crippen LogP contribution >= 0.6 is 11.8 Å². The molecule has 1 amide bonds. The van der Waals surface area contributed by atoms with Crippen molar-refractivity contribution in [1.82, 2.24) is 14.8 Å². The number of hydrogen-bond donors (Lipinski definition) is 1. The molecule has 150 valence electrons. The Labute approximate surface area is 174 Å². The molecular weight excluding hydrogens is 384 g/mol. The first-order valence-electron chi connectivity index (χ1n) is 9.69. The van der Waals surface area contributed by atoms with E-state index in [1.54, 1.807) is 7.11 Å². The number of nitrogens with one attached hydrogen (secondary N) is 1. The molecule has 1 fully saturated rings. The molecule has 0 bridgehead atoms. The van der Waals surface area contributed by atoms with E-state index in [0.717, 1.165) is 35.1 Å². The normalized spacial score (nSPS) is 14.4. The molecule has 1 N–H and O–H groups in total. The summed E-state index contributed by atoms with van der Waals surface area (Å²) in [7, 11) is 1.60. The van der Waals surface area contributed by atoms with E-state index in [1.807, 2.05) is 62.4 Å². The van der Waals surface area contributed by atoms with Gasteiger partial charge in [0, 0.05) is 11.6 Å². The number of thioether (sulfide) groups is 1. The topological polar surface area (TPSA) is 69.0 Å². The van der Waals surface area contributed by atoms with Crippen LogP contribution < -0.4 is 10.1 Å². The summed E-state index contributed by atoms with van der Waals surface area (Å²) in [5.74, 6) is 1.98. The number of rotatable bonds is 7. The third-order valence-electron chi connectivity index (χ3n) is 4.88. The van der Waals surface area contributed by atoms with Gasteiger partial charge in [-0.3, -0.25) is 9.36 Å². The van der Waals surface area contributed by atoms with Crippen molar-refractivity contribution >= 4 is 23.4 Å². The Bertz CT molecular complexity index is 1010. The van der Waals surface area contributed by atoms with E-state index in [1.165, 1.54) is 11.8 Å². The summed E-state index contributed by atoms with van der Waals surface area (Å²) in [6.07, 6.45) is 2.28. The third kappa shape index (κ3) is 4.29. The molecule has 1 aromatic heterocycles. The minimum Gasteiger partial charge on any atom is -0.495 e. The van der Waals surface area contributed by atoms with Crippen LogP contribution in [-0.4, -0.2) is 33.0 Å². The highest BCUT2D eigenvalue weighted by Crippen LogP contribution is 2.41. The lowest BCUT2D eigenvalue weighted by atomic mass is 10.2. The molecule has 0 spiro atoms. The first-order valence-corrected chi connectivity index (χ1v) is 10.6. The van der Waals surface area contributed by atoms with Gasteiger partial charge in [0.2, 0.25) is 5.91 Å². The molecular formula is C22H24N4O2S. The Kier molecular flexibility index (Phi) is 5.58. The lowest BCUT2D eigenvalue weighted by Crippen LogP contribution is -2.23. The summed E-state index contributed by atoms with van der Waals surface area (Å²) in [6, 6.07) is 15.8. The number of aromatic nitrogens is 3. The van der Waals surface area contributed by atoms with Gasteiger partial charge >= 0.3 is 0 Å². The lowest BCUT2D eigenvalue weighted by Gasteiger charge is -2.15. The number of aryl methyl sites for hydroxylation is 1. The Morgan fingerprint density at radius 1 is 1.21 bits per heavy atom. The maximum Gasteiger partial charge on any atom is 0.237 e. The number of anilines is 1. The molecule has 1 atom stereocenters. The van der Waals surface area contributed by atoms with E-state index in [0.29, 0.717) is 17.4 Å². The minimum atomic E-state index is -0.348. The number of benzene rings is 2. The van der Waals surface area contributed by atoms with Crippen molar-refractivity contribution in [1.29, 1.82) is 0 Å². The molecule has 2 aromatic carbocycles. The van der Waals surface area contributed by atoms with Crippen LogP contribution in [0.3, 0.4) is 0 Å². The Hall–Kier alpha value is -2.80. The summed E-state index contributed by atoms with van der Waals surface area (Å²) in [5, 5.41) is 12.2. The molecule has 1 heterocycles. The van der Waals surface area contributed by atoms with Crippen LogP contribution in [0.2, 0.25) is 0 Å². The van der Waals surface area contributed by atoms with Crippen molar-refractivity contribution in [2.24, 2.45) is 0 Å². The standard InChI is InChI=1S/C22H24N4O2S/c1-14-9-12-19(28-3)18(13-14)23-21(27)15(2)29-22-25-24-20(16-10-11-16)26(22)17-7-5-4-6-8-17/h4-9,12-13,15-16H,10-11H2,1-3H3,(H,23,27)/t15-/m0/s1. The first-order chi connectivity index (χ1) is 14.1. The van der Waals surface area contributed by atoms with Crippen molar-refractivity contribution < 1.29 is 9.53 Å². The predicted molar refractivity (Wildman–Crippen MR) is 115 cm³/mol. The van der Waals surface area contributed by atoms with Gasteiger partial charge < -0.3 is 10.1 Å². The van der Waals surface area contributed by atoms with Gasteiger partial charge in [0.25, 0.3) is 0 Å². The van der Waals surface area contributed by atoms with Gasteiger partial charge in [0.05, 0.1) is 18.0 Å². The maximum atomic E-state index is 12.9. The number of nitrogens with zero attached hydrogens (tertiary/aromatic N) is 3. The number of carbonyl (C=O) groups excluding carboxylic acids is 1. The van der Waals surface area contributed by atoms with Crippen LogP contribution in [0.25, 0.3) is 5.69 Å². The highest BCUT2D eigenvalue weighted by Gasteiger charge is 2.32. The minimum absolute atomic E-state index is 0.102. The summed E-state index contributed by atoms with van der Waals surface area (Å²) in [5.41, 5.74) is 2.75. The molecule has 3 aromatic rings. The first kappa shape index (κ1) is 19.5. The number of ether oxygens (including phenoxy) is 1. The highest BCUT2D eigenvalue weighted by molar-refractivity contribution is 8.00. The van der Waals surface area contributed by atoms with Gasteiger partial charge in [-0.25, -0.2) is 0 Å². The van der Waals surface area contributed by atoms with Crippen molar-refractivity contribution in [3.05, 3.63) is 59.9 Å². The third-order valence-corrected chi connectivity index (χ3v) is 5.92. The zero-order valence-corrected chi connectivity index (χ0v) is 17.6. The molecule has 0 saturated heterocycles. The van der Waals surface area contributed by atoms with Gasteiger partial charge in [-0.15, -0.1) is 10.2 Å². The van der Waals surface area contributed by atoms with E-state index in [2.05, 4.69) is 20.1 Å². The van der Waals surface area contributed by atoms with Gasteiger partial charge in [-0.1, -0.05) is 36.0 Å². The van der Waals surface area contributed by atoms with Crippen LogP contribution in [0, 0.1) is 6.92 Å². The molecule has 1 aliphatic carbocycles. The molecule has 7 heteroatoms. The van der Waals surface area contributed by atoms with Crippen molar-refractivity contribution in [2.75, 3.05) is 12.4 Å². The number of carbonyl (C=O) groups is 1. The van der Waals surface area contributed by atoms with Crippen molar-refractivity contribution in [3.63, 3.8) is 0 Å². The second-order valence-corrected chi connectivity index (χ2v) is 8.55. The predicted octanol–water partition coefficient (Wildman–Crippen LogP) is 4.58. The van der Waals surface area contributed by atoms with Gasteiger partial charge in [-0.05, 0) is 56.5 Å². The van der Waals surface area contributed by atoms with Gasteiger partial charge in [0.15, 0.2) is 5.16 Å². The van der Waals surface area contributed by atoms with Crippen LogP contribution in [0.15, 0.2) is 53.7 Å². The number of hydrogen-bond acceptors (Lipinski definition) is 5. The van der Waals surface area contributed by atoms with E-state index in [9.17, 15) is 4.79 Å². The SMILES string of the molecule is COc1ccc(C)cc1NC(=O)[C@H](C)Sc1nnc(C2CC2)n1-c1ccccc1. The number of methoxy groups -OCH3 is 1. The van der Waals surface area contributed by atoms with Crippen molar-refractivity contribution in [2.45, 2.75) is 43.0 Å². The van der Waals surface area contributed by atoms with Crippen LogP contribution in [0.4, 0.5) is 5.69 Å². The van der Waals surface area contributed by atoms with Crippen molar-refractivity contribution in [3.8, 4) is 11.4 Å². The molecule has 4 rings (SSSR count). The molecule has 0 radical (unpaired) electrons. The Morgan fingerprint density at radius 3 is 2.66 bits per heavy atom. The molecule has 1 saturated carbocycles. The average Bonchev–Trinajstić information content (AvgIpc) is 3.49. The summed E-state index contributed by atoms with van der Waals surface area (Å²) in [6.45, 7) is 3.86. The van der Waals surface area contributed by atoms with E-state index < -0.39 is 0 Å².